The van der Waals surface area contributed by atoms with Crippen molar-refractivity contribution in [1.82, 2.24) is 9.21 Å². The smallest absolute Gasteiger partial charge is 0.243 e. The largest absolute Gasteiger partial charge is 0.337 e. The lowest BCUT2D eigenvalue weighted by molar-refractivity contribution is -0.131. The number of carbonyl (C=O) groups excluding carboxylic acids is 2. The summed E-state index contributed by atoms with van der Waals surface area (Å²) in [5.74, 6) is -0.633. The number of nitrogens with zero attached hydrogens (tertiary/aromatic N) is 2. The van der Waals surface area contributed by atoms with E-state index in [9.17, 15) is 18.0 Å². The molecule has 1 atom stereocenters. The van der Waals surface area contributed by atoms with E-state index in [1.54, 1.807) is 17.0 Å². The summed E-state index contributed by atoms with van der Waals surface area (Å²) in [5, 5.41) is 2.81. The Hall–Kier alpha value is -1.93. The normalized spacial score (nSPS) is 21.8. The van der Waals surface area contributed by atoms with Crippen molar-refractivity contribution in [3.05, 3.63) is 24.3 Å². The molecule has 154 valence electrons. The van der Waals surface area contributed by atoms with Crippen LogP contribution in [0.15, 0.2) is 29.2 Å². The maximum atomic E-state index is 12.7. The zero-order valence-electron chi connectivity index (χ0n) is 16.8. The van der Waals surface area contributed by atoms with Gasteiger partial charge in [0.15, 0.2) is 0 Å². The Labute approximate surface area is 167 Å². The molecule has 0 unspecified atom stereocenters. The summed E-state index contributed by atoms with van der Waals surface area (Å²) < 4.78 is 26.9. The van der Waals surface area contributed by atoms with Gasteiger partial charge in [0.05, 0.1) is 10.8 Å². The quantitative estimate of drug-likeness (QED) is 0.831. The fraction of sp³-hybridized carbons (Fsp3) is 0.600. The molecule has 8 heteroatoms. The summed E-state index contributed by atoms with van der Waals surface area (Å²) in [7, 11) is -3.48. The molecular formula is C20H29N3O4S. The molecule has 0 aromatic heterocycles. The van der Waals surface area contributed by atoms with Crippen LogP contribution in [0.5, 0.6) is 0 Å². The number of carbonyl (C=O) groups is 2. The fourth-order valence-corrected chi connectivity index (χ4v) is 5.26. The minimum Gasteiger partial charge on any atom is -0.337 e. The number of sulfonamides is 1. The molecule has 2 amide bonds. The van der Waals surface area contributed by atoms with E-state index in [0.29, 0.717) is 25.3 Å². The van der Waals surface area contributed by atoms with Crippen LogP contribution in [0.1, 0.15) is 46.5 Å². The second-order valence-electron chi connectivity index (χ2n) is 8.55. The standard InChI is InChI=1S/C20H29N3O4S/c1-20(2,3)23-14-15(13-18(23)24)19(25)21-16-7-9-17(10-8-16)28(26,27)22-11-5-4-6-12-22/h7-10,15H,4-6,11-14H2,1-3H3,(H,21,25)/t15-/m1/s1. The van der Waals surface area contributed by atoms with Gasteiger partial charge in [-0.05, 0) is 57.9 Å². The second kappa shape index (κ2) is 7.83. The van der Waals surface area contributed by atoms with E-state index in [4.69, 9.17) is 0 Å². The third-order valence-electron chi connectivity index (χ3n) is 5.38. The Morgan fingerprint density at radius 1 is 1.07 bits per heavy atom. The van der Waals surface area contributed by atoms with Crippen LogP contribution < -0.4 is 5.32 Å². The SMILES string of the molecule is CC(C)(C)N1C[C@H](C(=O)Nc2ccc(S(=O)(=O)N3CCCCC3)cc2)CC1=O. The highest BCUT2D eigenvalue weighted by Crippen LogP contribution is 2.27. The number of rotatable bonds is 4. The molecular weight excluding hydrogens is 378 g/mol. The van der Waals surface area contributed by atoms with Crippen molar-refractivity contribution in [3.63, 3.8) is 0 Å². The van der Waals surface area contributed by atoms with Gasteiger partial charge in [-0.15, -0.1) is 0 Å². The Morgan fingerprint density at radius 2 is 1.68 bits per heavy atom. The minimum absolute atomic E-state index is 0.0179. The average Bonchev–Trinajstić information content (AvgIpc) is 3.05. The molecule has 28 heavy (non-hydrogen) atoms. The molecule has 0 spiro atoms. The molecule has 0 saturated carbocycles. The van der Waals surface area contributed by atoms with Crippen LogP contribution in [0.4, 0.5) is 5.69 Å². The summed E-state index contributed by atoms with van der Waals surface area (Å²) in [6, 6.07) is 6.27. The van der Waals surface area contributed by atoms with E-state index in [1.807, 2.05) is 20.8 Å². The van der Waals surface area contributed by atoms with Crippen LogP contribution in [-0.4, -0.2) is 54.6 Å². The highest BCUT2D eigenvalue weighted by atomic mass is 32.2. The maximum absolute atomic E-state index is 12.7. The van der Waals surface area contributed by atoms with Crippen molar-refractivity contribution in [2.24, 2.45) is 5.92 Å². The number of hydrogen-bond donors (Lipinski definition) is 1. The van der Waals surface area contributed by atoms with Crippen LogP contribution in [0.2, 0.25) is 0 Å². The number of likely N-dealkylation sites (tertiary alicyclic amines) is 1. The number of hydrogen-bond acceptors (Lipinski definition) is 4. The zero-order valence-corrected chi connectivity index (χ0v) is 17.6. The van der Waals surface area contributed by atoms with Gasteiger partial charge in [-0.2, -0.15) is 4.31 Å². The zero-order chi connectivity index (χ0) is 20.5. The number of piperidine rings is 1. The first-order valence-electron chi connectivity index (χ1n) is 9.80. The third-order valence-corrected chi connectivity index (χ3v) is 7.29. The van der Waals surface area contributed by atoms with Gasteiger partial charge in [-0.3, -0.25) is 9.59 Å². The summed E-state index contributed by atoms with van der Waals surface area (Å²) in [5.41, 5.74) is 0.223. The van der Waals surface area contributed by atoms with Crippen LogP contribution in [-0.2, 0) is 19.6 Å². The van der Waals surface area contributed by atoms with Gasteiger partial charge in [0.25, 0.3) is 0 Å². The molecule has 1 N–H and O–H groups in total. The lowest BCUT2D eigenvalue weighted by Gasteiger charge is -2.31. The van der Waals surface area contributed by atoms with Crippen molar-refractivity contribution < 1.29 is 18.0 Å². The molecule has 2 aliphatic rings. The summed E-state index contributed by atoms with van der Waals surface area (Å²) in [6.45, 7) is 7.36. The monoisotopic (exact) mass is 407 g/mol. The first kappa shape index (κ1) is 20.8. The minimum atomic E-state index is -3.48. The van der Waals surface area contributed by atoms with Gasteiger partial charge < -0.3 is 10.2 Å². The van der Waals surface area contributed by atoms with Gasteiger partial charge in [0.1, 0.15) is 0 Å². The van der Waals surface area contributed by atoms with Crippen LogP contribution in [0.25, 0.3) is 0 Å². The Kier molecular flexibility index (Phi) is 5.82. The van der Waals surface area contributed by atoms with E-state index < -0.39 is 15.9 Å². The molecule has 3 rings (SSSR count). The highest BCUT2D eigenvalue weighted by molar-refractivity contribution is 7.89. The van der Waals surface area contributed by atoms with Crippen molar-refractivity contribution in [1.29, 1.82) is 0 Å². The molecule has 2 saturated heterocycles. The van der Waals surface area contributed by atoms with Gasteiger partial charge in [-0.1, -0.05) is 6.42 Å². The number of benzene rings is 1. The van der Waals surface area contributed by atoms with E-state index in [-0.39, 0.29) is 28.7 Å². The maximum Gasteiger partial charge on any atom is 0.243 e. The van der Waals surface area contributed by atoms with E-state index >= 15 is 0 Å². The van der Waals surface area contributed by atoms with Crippen molar-refractivity contribution in [2.75, 3.05) is 25.0 Å². The topological polar surface area (TPSA) is 86.8 Å². The van der Waals surface area contributed by atoms with Crippen molar-refractivity contribution >= 4 is 27.5 Å². The average molecular weight is 408 g/mol. The van der Waals surface area contributed by atoms with Gasteiger partial charge >= 0.3 is 0 Å². The van der Waals surface area contributed by atoms with Crippen LogP contribution in [0, 0.1) is 5.92 Å². The third kappa shape index (κ3) is 4.38. The van der Waals surface area contributed by atoms with E-state index in [0.717, 1.165) is 19.3 Å². The highest BCUT2D eigenvalue weighted by Gasteiger charge is 2.39. The van der Waals surface area contributed by atoms with Crippen LogP contribution in [0.3, 0.4) is 0 Å². The summed E-state index contributed by atoms with van der Waals surface area (Å²) in [6.07, 6.45) is 3.04. The molecule has 2 fully saturated rings. The van der Waals surface area contributed by atoms with Gasteiger partial charge in [0, 0.05) is 37.3 Å². The molecule has 2 aliphatic heterocycles. The predicted octanol–water partition coefficient (Wildman–Crippen LogP) is 2.45. The molecule has 1 aromatic rings. The summed E-state index contributed by atoms with van der Waals surface area (Å²) in [4.78, 5) is 26.7. The summed E-state index contributed by atoms with van der Waals surface area (Å²) >= 11 is 0. The van der Waals surface area contributed by atoms with Crippen LogP contribution >= 0.6 is 0 Å². The van der Waals surface area contributed by atoms with E-state index in [1.165, 1.54) is 16.4 Å². The molecule has 0 bridgehead atoms. The molecule has 2 heterocycles. The van der Waals surface area contributed by atoms with Crippen molar-refractivity contribution in [3.8, 4) is 0 Å². The number of nitrogens with one attached hydrogen (secondary N) is 1. The first-order valence-corrected chi connectivity index (χ1v) is 11.2. The Balaban J connectivity index is 1.64. The fourth-order valence-electron chi connectivity index (χ4n) is 3.74. The number of anilines is 1. The second-order valence-corrected chi connectivity index (χ2v) is 10.5. The Morgan fingerprint density at radius 3 is 2.21 bits per heavy atom. The molecule has 0 aliphatic carbocycles. The lowest BCUT2D eigenvalue weighted by atomic mass is 10.1. The van der Waals surface area contributed by atoms with E-state index in [2.05, 4.69) is 5.32 Å². The van der Waals surface area contributed by atoms with Crippen molar-refractivity contribution in [2.45, 2.75) is 56.9 Å². The van der Waals surface area contributed by atoms with Gasteiger partial charge in [0.2, 0.25) is 21.8 Å². The molecule has 7 nitrogen and oxygen atoms in total. The first-order chi connectivity index (χ1) is 13.1. The molecule has 1 aromatic carbocycles. The van der Waals surface area contributed by atoms with Gasteiger partial charge in [-0.25, -0.2) is 8.42 Å². The predicted molar refractivity (Wildman–Crippen MR) is 107 cm³/mol. The number of amides is 2. The lowest BCUT2D eigenvalue weighted by Crippen LogP contribution is -2.42. The Bertz CT molecular complexity index is 837. The molecule has 0 radical (unpaired) electrons.